The second kappa shape index (κ2) is 11.0. The second-order valence-electron chi connectivity index (χ2n) is 7.16. The van der Waals surface area contributed by atoms with Crippen molar-refractivity contribution in [3.63, 3.8) is 0 Å². The highest BCUT2D eigenvalue weighted by molar-refractivity contribution is 6.03. The van der Waals surface area contributed by atoms with Crippen LogP contribution >= 0.6 is 0 Å². The van der Waals surface area contributed by atoms with E-state index in [0.717, 1.165) is 16.5 Å². The molecule has 1 N–H and O–H groups in total. The summed E-state index contributed by atoms with van der Waals surface area (Å²) in [6.07, 6.45) is 0.851. The highest BCUT2D eigenvalue weighted by atomic mass is 16.5. The van der Waals surface area contributed by atoms with E-state index in [1.807, 2.05) is 73.7 Å². The topological polar surface area (TPSA) is 67.9 Å². The fourth-order valence-electron chi connectivity index (χ4n) is 3.27. The quantitative estimate of drug-likeness (QED) is 0.491. The maximum Gasteiger partial charge on any atom is 0.243 e. The Balaban J connectivity index is 1.44. The molecule has 0 aliphatic rings. The summed E-state index contributed by atoms with van der Waals surface area (Å²) in [5.41, 5.74) is 0.741. The van der Waals surface area contributed by atoms with Crippen molar-refractivity contribution in [2.45, 2.75) is 19.8 Å². The van der Waals surface area contributed by atoms with Crippen LogP contribution in [0, 0.1) is 0 Å². The number of nitrogens with zero attached hydrogens (tertiary/aromatic N) is 1. The molecule has 0 fully saturated rings. The van der Waals surface area contributed by atoms with Gasteiger partial charge < -0.3 is 19.7 Å². The number of para-hydroxylation sites is 2. The van der Waals surface area contributed by atoms with Crippen molar-refractivity contribution < 1.29 is 19.1 Å². The second-order valence-corrected chi connectivity index (χ2v) is 7.16. The van der Waals surface area contributed by atoms with Crippen LogP contribution in [-0.2, 0) is 9.59 Å². The van der Waals surface area contributed by atoms with Crippen molar-refractivity contribution in [1.29, 1.82) is 0 Å². The van der Waals surface area contributed by atoms with Gasteiger partial charge in [0, 0.05) is 24.5 Å². The van der Waals surface area contributed by atoms with Crippen LogP contribution in [0.4, 0.5) is 5.69 Å². The molecule has 3 rings (SSSR count). The number of carbonyl (C=O) groups excluding carboxylic acids is 2. The number of likely N-dealkylation sites (N-methyl/N-ethyl adjacent to an activating group) is 1. The van der Waals surface area contributed by atoms with Crippen molar-refractivity contribution in [2.24, 2.45) is 0 Å². The smallest absolute Gasteiger partial charge is 0.243 e. The maximum absolute atomic E-state index is 12.4. The molecule has 0 unspecified atom stereocenters. The molecule has 0 aliphatic heterocycles. The van der Waals surface area contributed by atoms with Gasteiger partial charge in [0.1, 0.15) is 0 Å². The zero-order valence-electron chi connectivity index (χ0n) is 18.0. The Morgan fingerprint density at radius 3 is 2.35 bits per heavy atom. The number of hydrogen-bond acceptors (Lipinski definition) is 4. The Bertz CT molecular complexity index is 1030. The predicted octanol–water partition coefficient (Wildman–Crippen LogP) is 4.49. The monoisotopic (exact) mass is 420 g/mol. The molecule has 31 heavy (non-hydrogen) atoms. The predicted molar refractivity (Wildman–Crippen MR) is 123 cm³/mol. The summed E-state index contributed by atoms with van der Waals surface area (Å²) in [5, 5.41) is 4.93. The van der Waals surface area contributed by atoms with Gasteiger partial charge in [0.2, 0.25) is 11.8 Å². The van der Waals surface area contributed by atoms with Crippen LogP contribution in [0.2, 0.25) is 0 Å². The Morgan fingerprint density at radius 1 is 0.903 bits per heavy atom. The fourth-order valence-corrected chi connectivity index (χ4v) is 3.27. The highest BCUT2D eigenvalue weighted by Crippen LogP contribution is 2.26. The number of hydrogen-bond donors (Lipinski definition) is 1. The van der Waals surface area contributed by atoms with Gasteiger partial charge in [-0.3, -0.25) is 9.59 Å². The van der Waals surface area contributed by atoms with Crippen molar-refractivity contribution >= 4 is 28.3 Å². The summed E-state index contributed by atoms with van der Waals surface area (Å²) < 4.78 is 11.3. The SMILES string of the molecule is CCOc1ccccc1OCCCC(=O)N(C)CC(=O)Nc1cccc2ccccc12. The normalized spacial score (nSPS) is 10.5. The van der Waals surface area contributed by atoms with E-state index >= 15 is 0 Å². The van der Waals surface area contributed by atoms with Crippen LogP contribution in [0.1, 0.15) is 19.8 Å². The van der Waals surface area contributed by atoms with Crippen LogP contribution in [0.5, 0.6) is 11.5 Å². The van der Waals surface area contributed by atoms with Gasteiger partial charge in [-0.1, -0.05) is 48.5 Å². The molecule has 162 valence electrons. The van der Waals surface area contributed by atoms with E-state index in [1.165, 1.54) is 4.90 Å². The van der Waals surface area contributed by atoms with Gasteiger partial charge in [0.15, 0.2) is 11.5 Å². The largest absolute Gasteiger partial charge is 0.490 e. The van der Waals surface area contributed by atoms with Crippen LogP contribution in [0.3, 0.4) is 0 Å². The van der Waals surface area contributed by atoms with Crippen molar-refractivity contribution in [2.75, 3.05) is 32.1 Å². The maximum atomic E-state index is 12.4. The molecule has 3 aromatic carbocycles. The lowest BCUT2D eigenvalue weighted by molar-refractivity contribution is -0.133. The molecule has 0 aromatic heterocycles. The van der Waals surface area contributed by atoms with Crippen LogP contribution in [0.25, 0.3) is 10.8 Å². The van der Waals surface area contributed by atoms with E-state index in [9.17, 15) is 9.59 Å². The van der Waals surface area contributed by atoms with Crippen LogP contribution < -0.4 is 14.8 Å². The van der Waals surface area contributed by atoms with E-state index in [1.54, 1.807) is 7.05 Å². The zero-order valence-corrected chi connectivity index (χ0v) is 18.0. The molecule has 3 aromatic rings. The van der Waals surface area contributed by atoms with E-state index in [2.05, 4.69) is 5.32 Å². The van der Waals surface area contributed by atoms with Crippen LogP contribution in [-0.4, -0.2) is 43.5 Å². The van der Waals surface area contributed by atoms with Crippen molar-refractivity contribution in [3.8, 4) is 11.5 Å². The molecule has 6 nitrogen and oxygen atoms in total. The lowest BCUT2D eigenvalue weighted by Gasteiger charge is -2.17. The molecule has 2 amide bonds. The summed E-state index contributed by atoms with van der Waals surface area (Å²) in [7, 11) is 1.64. The Hall–Kier alpha value is -3.54. The minimum absolute atomic E-state index is 0.00388. The van der Waals surface area contributed by atoms with Crippen molar-refractivity contribution in [1.82, 2.24) is 4.90 Å². The first-order chi connectivity index (χ1) is 15.1. The van der Waals surface area contributed by atoms with Gasteiger partial charge in [-0.05, 0) is 36.9 Å². The zero-order chi connectivity index (χ0) is 22.1. The average molecular weight is 421 g/mol. The Labute approximate surface area is 182 Å². The number of anilines is 1. The first kappa shape index (κ1) is 22.2. The van der Waals surface area contributed by atoms with Gasteiger partial charge in [-0.25, -0.2) is 0 Å². The average Bonchev–Trinajstić information content (AvgIpc) is 2.78. The van der Waals surface area contributed by atoms with E-state index in [4.69, 9.17) is 9.47 Å². The molecule has 0 saturated carbocycles. The Kier molecular flexibility index (Phi) is 7.87. The Morgan fingerprint density at radius 2 is 1.58 bits per heavy atom. The summed E-state index contributed by atoms with van der Waals surface area (Å²) in [6, 6.07) is 21.1. The molecule has 0 spiro atoms. The lowest BCUT2D eigenvalue weighted by atomic mass is 10.1. The number of rotatable bonds is 10. The third-order valence-electron chi connectivity index (χ3n) is 4.81. The summed E-state index contributed by atoms with van der Waals surface area (Å²) >= 11 is 0. The summed E-state index contributed by atoms with van der Waals surface area (Å²) in [6.45, 7) is 2.87. The van der Waals surface area contributed by atoms with Gasteiger partial charge in [-0.15, -0.1) is 0 Å². The number of nitrogens with one attached hydrogen (secondary N) is 1. The third-order valence-corrected chi connectivity index (χ3v) is 4.81. The molecular formula is C25H28N2O4. The standard InChI is InChI=1S/C25H28N2O4/c1-3-30-22-14-6-7-15-23(22)31-17-9-16-25(29)27(2)18-24(28)26-21-13-8-11-19-10-4-5-12-20(19)21/h4-8,10-15H,3,9,16-18H2,1-2H3,(H,26,28). The first-order valence-corrected chi connectivity index (χ1v) is 10.4. The van der Waals surface area contributed by atoms with E-state index in [0.29, 0.717) is 37.6 Å². The first-order valence-electron chi connectivity index (χ1n) is 10.4. The van der Waals surface area contributed by atoms with Gasteiger partial charge >= 0.3 is 0 Å². The number of carbonyl (C=O) groups is 2. The van der Waals surface area contributed by atoms with E-state index in [-0.39, 0.29) is 18.4 Å². The van der Waals surface area contributed by atoms with Crippen molar-refractivity contribution in [3.05, 3.63) is 66.7 Å². The van der Waals surface area contributed by atoms with Gasteiger partial charge in [0.25, 0.3) is 0 Å². The summed E-state index contributed by atoms with van der Waals surface area (Å²) in [4.78, 5) is 26.3. The number of amides is 2. The fraction of sp³-hybridized carbons (Fsp3) is 0.280. The molecule has 0 heterocycles. The molecule has 0 saturated heterocycles. The molecular weight excluding hydrogens is 392 g/mol. The molecule has 6 heteroatoms. The molecule has 0 radical (unpaired) electrons. The number of benzene rings is 3. The number of fused-ring (bicyclic) bond motifs is 1. The summed E-state index contributed by atoms with van der Waals surface area (Å²) in [5.74, 6) is 1.03. The van der Waals surface area contributed by atoms with Gasteiger partial charge in [0.05, 0.1) is 19.8 Å². The minimum atomic E-state index is -0.228. The third kappa shape index (κ3) is 6.22. The number of ether oxygens (including phenoxy) is 2. The molecule has 0 aliphatic carbocycles. The highest BCUT2D eigenvalue weighted by Gasteiger charge is 2.14. The van der Waals surface area contributed by atoms with Crippen LogP contribution in [0.15, 0.2) is 66.7 Å². The van der Waals surface area contributed by atoms with E-state index < -0.39 is 0 Å². The minimum Gasteiger partial charge on any atom is -0.490 e. The molecule has 0 bridgehead atoms. The molecule has 0 atom stereocenters. The van der Waals surface area contributed by atoms with Gasteiger partial charge in [-0.2, -0.15) is 0 Å². The lowest BCUT2D eigenvalue weighted by Crippen LogP contribution is -2.35.